The van der Waals surface area contributed by atoms with Crippen molar-refractivity contribution in [2.75, 3.05) is 6.54 Å². The lowest BCUT2D eigenvalue weighted by molar-refractivity contribution is -0.701. The smallest absolute Gasteiger partial charge is 0.128 e. The molecule has 138 valence electrons. The second-order valence-corrected chi connectivity index (χ2v) is 9.08. The van der Waals surface area contributed by atoms with Crippen molar-refractivity contribution < 1.29 is 27.9 Å². The standard InChI is InChI=1S/C20H33NO2.ClH/c1-19(2,3)15-8-6-14(7-9-15)18(23)13-21-16-10-17(22)12-20(4,5)11-16;/h6-9,16-18,21-23H,10-13H2,1-5H3;1H. The molecule has 0 aliphatic heterocycles. The van der Waals surface area contributed by atoms with Crippen molar-refractivity contribution in [2.24, 2.45) is 5.41 Å². The van der Waals surface area contributed by atoms with Crippen molar-refractivity contribution in [3.63, 3.8) is 0 Å². The molecule has 0 heterocycles. The van der Waals surface area contributed by atoms with E-state index < -0.39 is 6.10 Å². The first kappa shape index (κ1) is 21.4. The van der Waals surface area contributed by atoms with Gasteiger partial charge in [0.05, 0.1) is 12.1 Å². The monoisotopic (exact) mass is 355 g/mol. The predicted molar refractivity (Wildman–Crippen MR) is 94.3 cm³/mol. The maximum atomic E-state index is 10.4. The first-order valence-corrected chi connectivity index (χ1v) is 8.87. The molecule has 2 rings (SSSR count). The van der Waals surface area contributed by atoms with Gasteiger partial charge in [0.15, 0.2) is 0 Å². The Bertz CT molecular complexity index is 507. The quantitative estimate of drug-likeness (QED) is 0.683. The fourth-order valence-corrected chi connectivity index (χ4v) is 3.79. The molecule has 0 bridgehead atoms. The lowest BCUT2D eigenvalue weighted by Crippen LogP contribution is -3.00. The Hall–Kier alpha value is -0.610. The van der Waals surface area contributed by atoms with Crippen LogP contribution in [-0.2, 0) is 5.41 Å². The lowest BCUT2D eigenvalue weighted by atomic mass is 9.74. The molecule has 0 aromatic heterocycles. The van der Waals surface area contributed by atoms with Gasteiger partial charge in [-0.25, -0.2) is 0 Å². The van der Waals surface area contributed by atoms with E-state index in [2.05, 4.69) is 52.1 Å². The maximum absolute atomic E-state index is 10.4. The van der Waals surface area contributed by atoms with E-state index in [1.54, 1.807) is 0 Å². The second kappa shape index (κ2) is 8.18. The third-order valence-electron chi connectivity index (χ3n) is 5.03. The largest absolute Gasteiger partial charge is 1.00 e. The Morgan fingerprint density at radius 3 is 2.25 bits per heavy atom. The minimum absolute atomic E-state index is 0. The second-order valence-electron chi connectivity index (χ2n) is 9.08. The molecule has 0 spiro atoms. The first-order chi connectivity index (χ1) is 10.6. The topological polar surface area (TPSA) is 57.1 Å². The van der Waals surface area contributed by atoms with Gasteiger partial charge in [-0.3, -0.25) is 0 Å². The average molecular weight is 356 g/mol. The summed E-state index contributed by atoms with van der Waals surface area (Å²) in [4.78, 5) is 0. The van der Waals surface area contributed by atoms with Crippen LogP contribution in [-0.4, -0.2) is 28.9 Å². The highest BCUT2D eigenvalue weighted by Gasteiger charge is 2.35. The summed E-state index contributed by atoms with van der Waals surface area (Å²) in [5.41, 5.74) is 2.59. The number of aliphatic hydroxyl groups excluding tert-OH is 2. The van der Waals surface area contributed by atoms with Gasteiger partial charge in [0.25, 0.3) is 0 Å². The molecule has 1 aromatic rings. The number of benzene rings is 1. The van der Waals surface area contributed by atoms with Crippen LogP contribution in [0.2, 0.25) is 0 Å². The van der Waals surface area contributed by atoms with Crippen LogP contribution < -0.4 is 17.7 Å². The minimum atomic E-state index is -0.453. The molecule has 1 fully saturated rings. The van der Waals surface area contributed by atoms with Crippen molar-refractivity contribution in [2.45, 2.75) is 77.5 Å². The summed E-state index contributed by atoms with van der Waals surface area (Å²) in [6.45, 7) is 11.7. The zero-order chi connectivity index (χ0) is 17.3. The summed E-state index contributed by atoms with van der Waals surface area (Å²) in [5, 5.41) is 22.7. The van der Waals surface area contributed by atoms with Crippen LogP contribution in [0.5, 0.6) is 0 Å². The van der Waals surface area contributed by atoms with Crippen LogP contribution in [0.1, 0.15) is 71.1 Å². The van der Waals surface area contributed by atoms with Gasteiger partial charge in [-0.15, -0.1) is 0 Å². The highest BCUT2D eigenvalue weighted by molar-refractivity contribution is 5.28. The van der Waals surface area contributed by atoms with Gasteiger partial charge in [0, 0.05) is 12.8 Å². The van der Waals surface area contributed by atoms with Crippen molar-refractivity contribution in [1.29, 1.82) is 0 Å². The summed E-state index contributed by atoms with van der Waals surface area (Å²) in [5.74, 6) is 0. The summed E-state index contributed by atoms with van der Waals surface area (Å²) < 4.78 is 0. The van der Waals surface area contributed by atoms with Gasteiger partial charge >= 0.3 is 0 Å². The molecule has 4 heteroatoms. The molecule has 1 saturated carbocycles. The Kier molecular flexibility index (Phi) is 7.30. The van der Waals surface area contributed by atoms with E-state index in [1.165, 1.54) is 5.56 Å². The van der Waals surface area contributed by atoms with E-state index in [1.807, 2.05) is 12.1 Å². The zero-order valence-electron chi connectivity index (χ0n) is 15.7. The number of hydrogen-bond acceptors (Lipinski definition) is 2. The van der Waals surface area contributed by atoms with Gasteiger partial charge < -0.3 is 27.9 Å². The molecular weight excluding hydrogens is 322 g/mol. The molecule has 1 aliphatic rings. The number of quaternary nitrogens is 1. The third kappa shape index (κ3) is 6.03. The number of hydrogen-bond donors (Lipinski definition) is 3. The normalized spacial score (nSPS) is 25.0. The SMILES string of the molecule is CC1(C)CC(O)CC([NH2+]CC(O)c2ccc(C(C)(C)C)cc2)C1.[Cl-]. The predicted octanol–water partition coefficient (Wildman–Crippen LogP) is -0.475. The summed E-state index contributed by atoms with van der Waals surface area (Å²) in [7, 11) is 0. The van der Waals surface area contributed by atoms with Crippen molar-refractivity contribution >= 4 is 0 Å². The van der Waals surface area contributed by atoms with Crippen molar-refractivity contribution in [1.82, 2.24) is 0 Å². The first-order valence-electron chi connectivity index (χ1n) is 8.87. The molecule has 24 heavy (non-hydrogen) atoms. The number of rotatable bonds is 4. The summed E-state index contributed by atoms with van der Waals surface area (Å²) in [6.07, 6.45) is 2.15. The Morgan fingerprint density at radius 2 is 1.75 bits per heavy atom. The molecule has 3 unspecified atom stereocenters. The molecule has 4 N–H and O–H groups in total. The summed E-state index contributed by atoms with van der Waals surface area (Å²) >= 11 is 0. The van der Waals surface area contributed by atoms with Crippen LogP contribution in [0, 0.1) is 5.41 Å². The number of nitrogens with two attached hydrogens (primary N) is 1. The molecule has 3 nitrogen and oxygen atoms in total. The van der Waals surface area contributed by atoms with Crippen LogP contribution >= 0.6 is 0 Å². The summed E-state index contributed by atoms with van der Waals surface area (Å²) in [6, 6.07) is 8.72. The lowest BCUT2D eigenvalue weighted by Gasteiger charge is -2.36. The van der Waals surface area contributed by atoms with Crippen LogP contribution in [0.4, 0.5) is 0 Å². The molecule has 3 atom stereocenters. The maximum Gasteiger partial charge on any atom is 0.128 e. The molecule has 0 radical (unpaired) electrons. The fraction of sp³-hybridized carbons (Fsp3) is 0.700. The highest BCUT2D eigenvalue weighted by atomic mass is 35.5. The van der Waals surface area contributed by atoms with E-state index in [-0.39, 0.29) is 29.3 Å². The van der Waals surface area contributed by atoms with E-state index >= 15 is 0 Å². The number of halogens is 1. The minimum Gasteiger partial charge on any atom is -1.00 e. The third-order valence-corrected chi connectivity index (χ3v) is 5.03. The zero-order valence-corrected chi connectivity index (χ0v) is 16.5. The van der Waals surface area contributed by atoms with Crippen LogP contribution in [0.3, 0.4) is 0 Å². The Labute approximate surface area is 153 Å². The molecule has 0 amide bonds. The Morgan fingerprint density at radius 1 is 1.17 bits per heavy atom. The fourth-order valence-electron chi connectivity index (χ4n) is 3.79. The van der Waals surface area contributed by atoms with E-state index in [0.29, 0.717) is 12.6 Å². The van der Waals surface area contributed by atoms with Gasteiger partial charge in [-0.1, -0.05) is 58.9 Å². The highest BCUT2D eigenvalue weighted by Crippen LogP contribution is 2.34. The van der Waals surface area contributed by atoms with E-state index in [0.717, 1.165) is 24.8 Å². The molecule has 0 saturated heterocycles. The van der Waals surface area contributed by atoms with Crippen molar-refractivity contribution in [3.8, 4) is 0 Å². The number of aliphatic hydroxyl groups is 2. The molecular formula is C20H34ClNO2. The van der Waals surface area contributed by atoms with Crippen molar-refractivity contribution in [3.05, 3.63) is 35.4 Å². The van der Waals surface area contributed by atoms with E-state index in [4.69, 9.17) is 0 Å². The van der Waals surface area contributed by atoms with Gasteiger partial charge in [0.1, 0.15) is 12.6 Å². The van der Waals surface area contributed by atoms with Gasteiger partial charge in [-0.05, 0) is 28.4 Å². The van der Waals surface area contributed by atoms with Crippen LogP contribution in [0.25, 0.3) is 0 Å². The van der Waals surface area contributed by atoms with Crippen LogP contribution in [0.15, 0.2) is 24.3 Å². The Balaban J connectivity index is 0.00000288. The van der Waals surface area contributed by atoms with Gasteiger partial charge in [-0.2, -0.15) is 0 Å². The average Bonchev–Trinajstić information content (AvgIpc) is 2.42. The van der Waals surface area contributed by atoms with E-state index in [9.17, 15) is 10.2 Å². The molecule has 1 aliphatic carbocycles. The van der Waals surface area contributed by atoms with Gasteiger partial charge in [0.2, 0.25) is 0 Å². The molecule has 1 aromatic carbocycles.